The Morgan fingerprint density at radius 2 is 1.95 bits per heavy atom. The minimum absolute atomic E-state index is 0.0181. The number of phenolic OH excluding ortho intramolecular Hbond substituents is 1. The lowest BCUT2D eigenvalue weighted by Gasteiger charge is -2.04. The molecule has 0 aliphatic heterocycles. The molecule has 0 saturated heterocycles. The predicted molar refractivity (Wildman–Crippen MR) is 80.6 cm³/mol. The molecule has 0 unspecified atom stereocenters. The average Bonchev–Trinajstić information content (AvgIpc) is 2.53. The number of ether oxygens (including phenoxy) is 2. The van der Waals surface area contributed by atoms with Crippen molar-refractivity contribution in [3.8, 4) is 17.2 Å². The van der Waals surface area contributed by atoms with Gasteiger partial charge < -0.3 is 14.6 Å². The molecule has 108 valence electrons. The minimum Gasteiger partial charge on any atom is -0.504 e. The lowest BCUT2D eigenvalue weighted by molar-refractivity contribution is -0.116. The normalized spacial score (nSPS) is 10.5. The quantitative estimate of drug-likeness (QED) is 0.828. The van der Waals surface area contributed by atoms with E-state index in [1.54, 1.807) is 30.3 Å². The van der Waals surface area contributed by atoms with Gasteiger partial charge in [0.1, 0.15) is 5.75 Å². The fourth-order valence-electron chi connectivity index (χ4n) is 1.71. The fourth-order valence-corrected chi connectivity index (χ4v) is 1.71. The van der Waals surface area contributed by atoms with Crippen LogP contribution in [0.3, 0.4) is 0 Å². The van der Waals surface area contributed by atoms with E-state index >= 15 is 0 Å². The molecule has 0 heterocycles. The van der Waals surface area contributed by atoms with Gasteiger partial charge in [0, 0.05) is 0 Å². The summed E-state index contributed by atoms with van der Waals surface area (Å²) in [5, 5.41) is 9.49. The summed E-state index contributed by atoms with van der Waals surface area (Å²) in [4.78, 5) is 11.7. The third-order valence-electron chi connectivity index (χ3n) is 2.79. The number of benzene rings is 2. The number of hydrogen-bond acceptors (Lipinski definition) is 4. The molecule has 2 aromatic rings. The number of para-hydroxylation sites is 1. The number of ketones is 1. The molecule has 0 saturated carbocycles. The molecule has 0 fully saturated rings. The van der Waals surface area contributed by atoms with E-state index in [-0.39, 0.29) is 18.1 Å². The lowest BCUT2D eigenvalue weighted by Crippen LogP contribution is -2.07. The van der Waals surface area contributed by atoms with Gasteiger partial charge in [-0.05, 0) is 35.9 Å². The molecule has 0 radical (unpaired) electrons. The zero-order chi connectivity index (χ0) is 15.1. The van der Waals surface area contributed by atoms with Gasteiger partial charge in [-0.15, -0.1) is 0 Å². The van der Waals surface area contributed by atoms with Gasteiger partial charge in [-0.3, -0.25) is 4.79 Å². The second-order valence-corrected chi connectivity index (χ2v) is 4.33. The third kappa shape index (κ3) is 4.38. The van der Waals surface area contributed by atoms with Gasteiger partial charge in [0.25, 0.3) is 0 Å². The van der Waals surface area contributed by atoms with Gasteiger partial charge in [-0.2, -0.15) is 0 Å². The topological polar surface area (TPSA) is 55.8 Å². The molecular weight excluding hydrogens is 268 g/mol. The minimum atomic E-state index is -0.147. The van der Waals surface area contributed by atoms with Crippen molar-refractivity contribution in [3.05, 3.63) is 60.2 Å². The summed E-state index contributed by atoms with van der Waals surface area (Å²) in [5.41, 5.74) is 0.762. The second-order valence-electron chi connectivity index (χ2n) is 4.33. The van der Waals surface area contributed by atoms with Gasteiger partial charge >= 0.3 is 0 Å². The number of rotatable bonds is 6. The maximum Gasteiger partial charge on any atom is 0.193 e. The van der Waals surface area contributed by atoms with E-state index in [9.17, 15) is 9.90 Å². The maximum atomic E-state index is 11.7. The highest BCUT2D eigenvalue weighted by molar-refractivity contribution is 5.94. The van der Waals surface area contributed by atoms with Crippen LogP contribution in [0.5, 0.6) is 17.2 Å². The first kappa shape index (κ1) is 14.7. The Hall–Kier alpha value is -2.75. The molecule has 21 heavy (non-hydrogen) atoms. The van der Waals surface area contributed by atoms with Crippen LogP contribution in [0.1, 0.15) is 5.56 Å². The van der Waals surface area contributed by atoms with E-state index in [0.717, 1.165) is 5.56 Å². The summed E-state index contributed by atoms with van der Waals surface area (Å²) >= 11 is 0. The Kier molecular flexibility index (Phi) is 4.99. The van der Waals surface area contributed by atoms with Gasteiger partial charge in [0.15, 0.2) is 23.9 Å². The maximum absolute atomic E-state index is 11.7. The molecule has 4 heteroatoms. The number of phenols is 1. The largest absolute Gasteiger partial charge is 0.504 e. The van der Waals surface area contributed by atoms with E-state index in [2.05, 4.69) is 0 Å². The fraction of sp³-hybridized carbons (Fsp3) is 0.118. The van der Waals surface area contributed by atoms with Crippen molar-refractivity contribution in [3.63, 3.8) is 0 Å². The van der Waals surface area contributed by atoms with E-state index in [1.165, 1.54) is 19.3 Å². The van der Waals surface area contributed by atoms with Crippen molar-refractivity contribution in [1.82, 2.24) is 0 Å². The van der Waals surface area contributed by atoms with Crippen LogP contribution in [0, 0.1) is 0 Å². The summed E-state index contributed by atoms with van der Waals surface area (Å²) in [6.07, 6.45) is 3.09. The van der Waals surface area contributed by atoms with Crippen molar-refractivity contribution >= 4 is 11.9 Å². The number of carbonyl (C=O) groups excluding carboxylic acids is 1. The van der Waals surface area contributed by atoms with Crippen LogP contribution in [-0.2, 0) is 4.79 Å². The zero-order valence-electron chi connectivity index (χ0n) is 11.7. The molecule has 0 amide bonds. The Labute approximate surface area is 123 Å². The number of aromatic hydroxyl groups is 1. The highest BCUT2D eigenvalue weighted by Gasteiger charge is 2.02. The molecule has 0 aliphatic rings. The van der Waals surface area contributed by atoms with E-state index in [1.807, 2.05) is 18.2 Å². The van der Waals surface area contributed by atoms with Crippen LogP contribution in [-0.4, -0.2) is 24.6 Å². The Morgan fingerprint density at radius 3 is 2.67 bits per heavy atom. The van der Waals surface area contributed by atoms with Crippen LogP contribution >= 0.6 is 0 Å². The summed E-state index contributed by atoms with van der Waals surface area (Å²) in [5.74, 6) is 0.940. The van der Waals surface area contributed by atoms with Crippen LogP contribution in [0.4, 0.5) is 0 Å². The highest BCUT2D eigenvalue weighted by atomic mass is 16.5. The summed E-state index contributed by atoms with van der Waals surface area (Å²) in [6.45, 7) is -0.0181. The molecule has 0 bridgehead atoms. The van der Waals surface area contributed by atoms with E-state index in [0.29, 0.717) is 11.5 Å². The molecule has 0 spiro atoms. The zero-order valence-corrected chi connectivity index (χ0v) is 11.7. The molecule has 1 N–H and O–H groups in total. The monoisotopic (exact) mass is 284 g/mol. The summed E-state index contributed by atoms with van der Waals surface area (Å²) in [7, 11) is 1.47. The van der Waals surface area contributed by atoms with Crippen LogP contribution < -0.4 is 9.47 Å². The second kappa shape index (κ2) is 7.14. The van der Waals surface area contributed by atoms with Crippen molar-refractivity contribution < 1.29 is 19.4 Å². The third-order valence-corrected chi connectivity index (χ3v) is 2.79. The first-order chi connectivity index (χ1) is 10.2. The first-order valence-corrected chi connectivity index (χ1v) is 6.45. The van der Waals surface area contributed by atoms with Crippen molar-refractivity contribution in [2.45, 2.75) is 0 Å². The van der Waals surface area contributed by atoms with Crippen molar-refractivity contribution in [1.29, 1.82) is 0 Å². The highest BCUT2D eigenvalue weighted by Crippen LogP contribution is 2.26. The van der Waals surface area contributed by atoms with E-state index in [4.69, 9.17) is 9.47 Å². The Bertz CT molecular complexity index is 632. The molecule has 0 atom stereocenters. The molecule has 4 nitrogen and oxygen atoms in total. The standard InChI is InChI=1S/C17H16O4/c1-20-17-11-13(8-10-16(17)19)7-9-14(18)12-21-15-5-3-2-4-6-15/h2-11,19H,12H2,1H3. The predicted octanol–water partition coefficient (Wildman–Crippen LogP) is 3.06. The Balaban J connectivity index is 1.93. The summed E-state index contributed by atoms with van der Waals surface area (Å²) < 4.78 is 10.4. The molecule has 2 rings (SSSR count). The smallest absolute Gasteiger partial charge is 0.193 e. The molecule has 0 aliphatic carbocycles. The van der Waals surface area contributed by atoms with Crippen molar-refractivity contribution in [2.24, 2.45) is 0 Å². The molecule has 2 aromatic carbocycles. The van der Waals surface area contributed by atoms with Gasteiger partial charge in [-0.25, -0.2) is 0 Å². The number of hydrogen-bond donors (Lipinski definition) is 1. The van der Waals surface area contributed by atoms with Crippen LogP contribution in [0.25, 0.3) is 6.08 Å². The summed E-state index contributed by atoms with van der Waals surface area (Å²) in [6, 6.07) is 14.0. The number of methoxy groups -OCH3 is 1. The van der Waals surface area contributed by atoms with Gasteiger partial charge in [0.05, 0.1) is 7.11 Å². The van der Waals surface area contributed by atoms with Crippen LogP contribution in [0.2, 0.25) is 0 Å². The lowest BCUT2D eigenvalue weighted by atomic mass is 10.1. The Morgan fingerprint density at radius 1 is 1.19 bits per heavy atom. The van der Waals surface area contributed by atoms with E-state index < -0.39 is 0 Å². The van der Waals surface area contributed by atoms with Crippen molar-refractivity contribution in [2.75, 3.05) is 13.7 Å². The first-order valence-electron chi connectivity index (χ1n) is 6.45. The molecular formula is C17H16O4. The van der Waals surface area contributed by atoms with Crippen LogP contribution in [0.15, 0.2) is 54.6 Å². The average molecular weight is 284 g/mol. The SMILES string of the molecule is COc1cc(C=CC(=O)COc2ccccc2)ccc1O. The van der Waals surface area contributed by atoms with Gasteiger partial charge in [0.2, 0.25) is 0 Å². The van der Waals surface area contributed by atoms with Gasteiger partial charge in [-0.1, -0.05) is 30.3 Å². The number of carbonyl (C=O) groups is 1. The molecule has 0 aromatic heterocycles.